The molecule has 1 aliphatic heterocycles. The van der Waals surface area contributed by atoms with E-state index in [1.807, 2.05) is 54.3 Å². The Kier molecular flexibility index (Phi) is 5.49. The standard InChI is InChI=1S/C20H24N2O2/c1-2-24-18-10-5-7-16(13-18)14-21-15-20(23)22-12-6-9-17-8-3-4-11-19(17)22/h3-5,7-8,10-11,13,21H,2,6,9,12,14-15H2,1H3. The number of nitrogens with zero attached hydrogens (tertiary/aromatic N) is 1. The average molecular weight is 324 g/mol. The van der Waals surface area contributed by atoms with E-state index in [-0.39, 0.29) is 5.91 Å². The third-order valence-electron chi connectivity index (χ3n) is 4.23. The second-order valence-corrected chi connectivity index (χ2v) is 5.96. The lowest BCUT2D eigenvalue weighted by atomic mass is 10.0. The summed E-state index contributed by atoms with van der Waals surface area (Å²) in [5.41, 5.74) is 3.45. The Labute approximate surface area is 143 Å². The van der Waals surface area contributed by atoms with E-state index in [1.165, 1.54) is 5.56 Å². The zero-order chi connectivity index (χ0) is 16.8. The zero-order valence-electron chi connectivity index (χ0n) is 14.1. The largest absolute Gasteiger partial charge is 0.494 e. The summed E-state index contributed by atoms with van der Waals surface area (Å²) in [5, 5.41) is 3.25. The van der Waals surface area contributed by atoms with Crippen LogP contribution in [0.2, 0.25) is 0 Å². The Morgan fingerprint density at radius 2 is 2.08 bits per heavy atom. The molecular weight excluding hydrogens is 300 g/mol. The number of aryl methyl sites for hydroxylation is 1. The molecule has 0 aromatic heterocycles. The van der Waals surface area contributed by atoms with Crippen LogP contribution in [0.4, 0.5) is 5.69 Å². The molecule has 1 amide bonds. The van der Waals surface area contributed by atoms with Crippen molar-refractivity contribution < 1.29 is 9.53 Å². The highest BCUT2D eigenvalue weighted by Crippen LogP contribution is 2.26. The van der Waals surface area contributed by atoms with Crippen molar-refractivity contribution in [3.63, 3.8) is 0 Å². The first-order valence-electron chi connectivity index (χ1n) is 8.58. The SMILES string of the molecule is CCOc1cccc(CNCC(=O)N2CCCc3ccccc32)c1. The summed E-state index contributed by atoms with van der Waals surface area (Å²) < 4.78 is 5.51. The molecule has 0 bridgehead atoms. The number of carbonyl (C=O) groups excluding carboxylic acids is 1. The monoisotopic (exact) mass is 324 g/mol. The van der Waals surface area contributed by atoms with Crippen LogP contribution in [0.15, 0.2) is 48.5 Å². The second-order valence-electron chi connectivity index (χ2n) is 5.96. The van der Waals surface area contributed by atoms with Crippen LogP contribution in [0.3, 0.4) is 0 Å². The van der Waals surface area contributed by atoms with Crippen molar-refractivity contribution in [3.05, 3.63) is 59.7 Å². The fraction of sp³-hybridized carbons (Fsp3) is 0.350. The molecule has 0 saturated heterocycles. The normalized spacial score (nSPS) is 13.5. The lowest BCUT2D eigenvalue weighted by Gasteiger charge is -2.29. The van der Waals surface area contributed by atoms with E-state index in [0.29, 0.717) is 19.7 Å². The van der Waals surface area contributed by atoms with Crippen molar-refractivity contribution in [2.24, 2.45) is 0 Å². The van der Waals surface area contributed by atoms with Gasteiger partial charge in [0.1, 0.15) is 5.75 Å². The van der Waals surface area contributed by atoms with Gasteiger partial charge in [-0.25, -0.2) is 0 Å². The molecule has 2 aromatic carbocycles. The van der Waals surface area contributed by atoms with Crippen LogP contribution < -0.4 is 15.0 Å². The summed E-state index contributed by atoms with van der Waals surface area (Å²) in [7, 11) is 0. The highest BCUT2D eigenvalue weighted by Gasteiger charge is 2.21. The van der Waals surface area contributed by atoms with Crippen molar-refractivity contribution in [1.29, 1.82) is 0 Å². The first-order valence-corrected chi connectivity index (χ1v) is 8.58. The minimum Gasteiger partial charge on any atom is -0.494 e. The first-order chi connectivity index (χ1) is 11.8. The van der Waals surface area contributed by atoms with Crippen LogP contribution >= 0.6 is 0 Å². The first kappa shape index (κ1) is 16.5. The van der Waals surface area contributed by atoms with Gasteiger partial charge in [0.2, 0.25) is 5.91 Å². The number of para-hydroxylation sites is 1. The Bertz CT molecular complexity index is 700. The van der Waals surface area contributed by atoms with Crippen molar-refractivity contribution in [2.75, 3.05) is 24.6 Å². The van der Waals surface area contributed by atoms with Gasteiger partial charge in [-0.1, -0.05) is 30.3 Å². The van der Waals surface area contributed by atoms with Crippen LogP contribution in [0.25, 0.3) is 0 Å². The van der Waals surface area contributed by atoms with Crippen molar-refractivity contribution >= 4 is 11.6 Å². The summed E-state index contributed by atoms with van der Waals surface area (Å²) >= 11 is 0. The summed E-state index contributed by atoms with van der Waals surface area (Å²) in [6.45, 7) is 4.43. The minimum atomic E-state index is 0.128. The number of benzene rings is 2. The van der Waals surface area contributed by atoms with Crippen molar-refractivity contribution in [3.8, 4) is 5.75 Å². The lowest BCUT2D eigenvalue weighted by molar-refractivity contribution is -0.117. The van der Waals surface area contributed by atoms with E-state index >= 15 is 0 Å². The fourth-order valence-electron chi connectivity index (χ4n) is 3.11. The molecule has 4 nitrogen and oxygen atoms in total. The molecule has 0 spiro atoms. The number of hydrogen-bond acceptors (Lipinski definition) is 3. The molecule has 0 saturated carbocycles. The molecule has 4 heteroatoms. The Hall–Kier alpha value is -2.33. The van der Waals surface area contributed by atoms with Gasteiger partial charge >= 0.3 is 0 Å². The maximum absolute atomic E-state index is 12.6. The highest BCUT2D eigenvalue weighted by molar-refractivity contribution is 5.95. The van der Waals surface area contributed by atoms with Crippen molar-refractivity contribution in [2.45, 2.75) is 26.3 Å². The predicted octanol–water partition coefficient (Wildman–Crippen LogP) is 3.15. The van der Waals surface area contributed by atoms with Crippen molar-refractivity contribution in [1.82, 2.24) is 5.32 Å². The molecular formula is C20H24N2O2. The molecule has 1 heterocycles. The van der Waals surface area contributed by atoms with Crippen LogP contribution in [-0.2, 0) is 17.8 Å². The van der Waals surface area contributed by atoms with E-state index < -0.39 is 0 Å². The van der Waals surface area contributed by atoms with Gasteiger partial charge in [0, 0.05) is 18.8 Å². The van der Waals surface area contributed by atoms with Gasteiger partial charge in [-0.3, -0.25) is 4.79 Å². The fourth-order valence-corrected chi connectivity index (χ4v) is 3.11. The molecule has 24 heavy (non-hydrogen) atoms. The van der Waals surface area contributed by atoms with Crippen LogP contribution in [-0.4, -0.2) is 25.6 Å². The van der Waals surface area contributed by atoms with E-state index in [4.69, 9.17) is 4.74 Å². The zero-order valence-corrected chi connectivity index (χ0v) is 14.1. The smallest absolute Gasteiger partial charge is 0.240 e. The summed E-state index contributed by atoms with van der Waals surface area (Å²) in [5.74, 6) is 0.996. The quantitative estimate of drug-likeness (QED) is 0.887. The van der Waals surface area contributed by atoms with Crippen LogP contribution in [0, 0.1) is 0 Å². The highest BCUT2D eigenvalue weighted by atomic mass is 16.5. The van der Waals surface area contributed by atoms with E-state index in [2.05, 4.69) is 11.4 Å². The molecule has 0 fully saturated rings. The summed E-state index contributed by atoms with van der Waals surface area (Å²) in [6.07, 6.45) is 2.08. The van der Waals surface area contributed by atoms with Crippen LogP contribution in [0.1, 0.15) is 24.5 Å². The maximum atomic E-state index is 12.6. The lowest BCUT2D eigenvalue weighted by Crippen LogP contribution is -2.41. The number of nitrogens with one attached hydrogen (secondary N) is 1. The average Bonchev–Trinajstić information content (AvgIpc) is 2.62. The number of hydrogen-bond donors (Lipinski definition) is 1. The number of rotatable bonds is 6. The third-order valence-corrected chi connectivity index (χ3v) is 4.23. The van der Waals surface area contributed by atoms with Gasteiger partial charge in [0.05, 0.1) is 13.2 Å². The van der Waals surface area contributed by atoms with E-state index in [9.17, 15) is 4.79 Å². The van der Waals surface area contributed by atoms with Gasteiger partial charge in [-0.05, 0) is 49.1 Å². The van der Waals surface area contributed by atoms with E-state index in [0.717, 1.165) is 36.4 Å². The number of amides is 1. The van der Waals surface area contributed by atoms with Gasteiger partial charge < -0.3 is 15.0 Å². The summed E-state index contributed by atoms with van der Waals surface area (Å²) in [4.78, 5) is 14.5. The van der Waals surface area contributed by atoms with Gasteiger partial charge in [0.25, 0.3) is 0 Å². The number of ether oxygens (including phenoxy) is 1. The minimum absolute atomic E-state index is 0.128. The van der Waals surface area contributed by atoms with E-state index in [1.54, 1.807) is 0 Å². The Morgan fingerprint density at radius 1 is 1.21 bits per heavy atom. The molecule has 3 rings (SSSR count). The molecule has 1 N–H and O–H groups in total. The molecule has 0 atom stereocenters. The predicted molar refractivity (Wildman–Crippen MR) is 96.4 cm³/mol. The molecule has 126 valence electrons. The molecule has 2 aromatic rings. The second kappa shape index (κ2) is 7.97. The number of carbonyl (C=O) groups is 1. The number of fused-ring (bicyclic) bond motifs is 1. The third kappa shape index (κ3) is 3.95. The van der Waals surface area contributed by atoms with Gasteiger partial charge in [0.15, 0.2) is 0 Å². The van der Waals surface area contributed by atoms with Crippen LogP contribution in [0.5, 0.6) is 5.75 Å². The molecule has 0 unspecified atom stereocenters. The van der Waals surface area contributed by atoms with Gasteiger partial charge in [-0.2, -0.15) is 0 Å². The Morgan fingerprint density at radius 3 is 2.96 bits per heavy atom. The van der Waals surface area contributed by atoms with Gasteiger partial charge in [-0.15, -0.1) is 0 Å². The maximum Gasteiger partial charge on any atom is 0.240 e. The molecule has 0 aliphatic carbocycles. The summed E-state index contributed by atoms with van der Waals surface area (Å²) in [6, 6.07) is 16.2. The molecule has 0 radical (unpaired) electrons. The molecule has 1 aliphatic rings. The Balaban J connectivity index is 1.56. The topological polar surface area (TPSA) is 41.6 Å². The number of anilines is 1.